The van der Waals surface area contributed by atoms with Gasteiger partial charge < -0.3 is 10.6 Å². The van der Waals surface area contributed by atoms with E-state index in [0.29, 0.717) is 12.6 Å². The highest BCUT2D eigenvalue weighted by Gasteiger charge is 2.20. The van der Waals surface area contributed by atoms with Gasteiger partial charge in [-0.05, 0) is 24.3 Å². The van der Waals surface area contributed by atoms with Gasteiger partial charge in [-0.25, -0.2) is 0 Å². The lowest BCUT2D eigenvalue weighted by molar-refractivity contribution is 0.699. The molecular weight excluding hydrogens is 206 g/mol. The van der Waals surface area contributed by atoms with Crippen molar-refractivity contribution in [3.63, 3.8) is 0 Å². The van der Waals surface area contributed by atoms with Gasteiger partial charge in [0.25, 0.3) is 0 Å². The van der Waals surface area contributed by atoms with Gasteiger partial charge >= 0.3 is 0 Å². The van der Waals surface area contributed by atoms with Gasteiger partial charge in [0.1, 0.15) is 0 Å². The number of hydrogen-bond acceptors (Lipinski definition) is 4. The van der Waals surface area contributed by atoms with Crippen molar-refractivity contribution in [2.75, 3.05) is 23.5 Å². The summed E-state index contributed by atoms with van der Waals surface area (Å²) in [5, 5.41) is 0. The molecule has 1 atom stereocenters. The number of pyridine rings is 1. The molecule has 2 rings (SSSR count). The van der Waals surface area contributed by atoms with Crippen LogP contribution in [-0.4, -0.2) is 29.6 Å². The second-order valence-corrected chi connectivity index (χ2v) is 4.99. The van der Waals surface area contributed by atoms with Crippen molar-refractivity contribution in [1.82, 2.24) is 4.98 Å². The zero-order chi connectivity index (χ0) is 10.7. The standard InChI is InChI=1S/C11H17N3S/c1-14(11-3-5-15-8-11)10-2-4-13-9(6-10)7-12/h2,4,6,11H,3,5,7-8,12H2,1H3. The summed E-state index contributed by atoms with van der Waals surface area (Å²) in [6.45, 7) is 0.515. The van der Waals surface area contributed by atoms with Crippen molar-refractivity contribution in [3.05, 3.63) is 24.0 Å². The summed E-state index contributed by atoms with van der Waals surface area (Å²) in [6.07, 6.45) is 3.12. The van der Waals surface area contributed by atoms with Gasteiger partial charge in [-0.1, -0.05) is 0 Å². The Morgan fingerprint density at radius 3 is 3.20 bits per heavy atom. The molecule has 4 heteroatoms. The number of rotatable bonds is 3. The van der Waals surface area contributed by atoms with E-state index in [2.05, 4.69) is 29.1 Å². The molecule has 0 radical (unpaired) electrons. The largest absolute Gasteiger partial charge is 0.371 e. The zero-order valence-corrected chi connectivity index (χ0v) is 9.83. The van der Waals surface area contributed by atoms with Crippen LogP contribution in [0.2, 0.25) is 0 Å². The van der Waals surface area contributed by atoms with Crippen molar-refractivity contribution in [2.45, 2.75) is 19.0 Å². The van der Waals surface area contributed by atoms with Crippen LogP contribution < -0.4 is 10.6 Å². The van der Waals surface area contributed by atoms with Gasteiger partial charge in [-0.3, -0.25) is 4.98 Å². The first-order chi connectivity index (χ1) is 7.31. The summed E-state index contributed by atoms with van der Waals surface area (Å²) < 4.78 is 0. The fourth-order valence-corrected chi connectivity index (χ4v) is 3.10. The van der Waals surface area contributed by atoms with E-state index in [1.165, 1.54) is 23.6 Å². The maximum atomic E-state index is 5.59. The van der Waals surface area contributed by atoms with Crippen LogP contribution >= 0.6 is 11.8 Å². The molecule has 1 aromatic rings. The molecule has 1 aliphatic rings. The molecule has 1 aromatic heterocycles. The van der Waals surface area contributed by atoms with E-state index in [-0.39, 0.29) is 0 Å². The number of anilines is 1. The molecule has 3 nitrogen and oxygen atoms in total. The third-order valence-electron chi connectivity index (χ3n) is 2.87. The predicted molar refractivity (Wildman–Crippen MR) is 66.3 cm³/mol. The summed E-state index contributed by atoms with van der Waals surface area (Å²) in [5.41, 5.74) is 7.78. The van der Waals surface area contributed by atoms with E-state index >= 15 is 0 Å². The minimum Gasteiger partial charge on any atom is -0.371 e. The summed E-state index contributed by atoms with van der Waals surface area (Å²) in [6, 6.07) is 4.81. The molecule has 2 N–H and O–H groups in total. The summed E-state index contributed by atoms with van der Waals surface area (Å²) in [5.74, 6) is 2.51. The van der Waals surface area contributed by atoms with Crippen LogP contribution in [-0.2, 0) is 6.54 Å². The lowest BCUT2D eigenvalue weighted by Crippen LogP contribution is -2.31. The molecule has 2 heterocycles. The van der Waals surface area contributed by atoms with Crippen molar-refractivity contribution >= 4 is 17.4 Å². The third kappa shape index (κ3) is 2.44. The summed E-state index contributed by atoms with van der Waals surface area (Å²) in [7, 11) is 2.16. The molecular formula is C11H17N3S. The Kier molecular flexibility index (Phi) is 3.49. The third-order valence-corrected chi connectivity index (χ3v) is 4.01. The van der Waals surface area contributed by atoms with Crippen LogP contribution in [0.3, 0.4) is 0 Å². The molecule has 1 unspecified atom stereocenters. The topological polar surface area (TPSA) is 42.2 Å². The average Bonchev–Trinajstić information content (AvgIpc) is 2.81. The molecule has 0 amide bonds. The molecule has 1 aliphatic heterocycles. The predicted octanol–water partition coefficient (Wildman–Crippen LogP) is 1.48. The lowest BCUT2D eigenvalue weighted by Gasteiger charge is -2.26. The van der Waals surface area contributed by atoms with Gasteiger partial charge in [-0.15, -0.1) is 0 Å². The Hall–Kier alpha value is -0.740. The number of aromatic nitrogens is 1. The number of nitrogens with two attached hydrogens (primary N) is 1. The fourth-order valence-electron chi connectivity index (χ4n) is 1.83. The minimum absolute atomic E-state index is 0.515. The Morgan fingerprint density at radius 1 is 1.67 bits per heavy atom. The Morgan fingerprint density at radius 2 is 2.53 bits per heavy atom. The first-order valence-electron chi connectivity index (χ1n) is 5.27. The van der Waals surface area contributed by atoms with Gasteiger partial charge in [-0.2, -0.15) is 11.8 Å². The van der Waals surface area contributed by atoms with Crippen molar-refractivity contribution in [3.8, 4) is 0 Å². The van der Waals surface area contributed by atoms with E-state index in [4.69, 9.17) is 5.73 Å². The van der Waals surface area contributed by atoms with E-state index in [1.54, 1.807) is 0 Å². The molecule has 0 saturated carbocycles. The van der Waals surface area contributed by atoms with Gasteiger partial charge in [0, 0.05) is 37.3 Å². The van der Waals surface area contributed by atoms with Crippen molar-refractivity contribution in [2.24, 2.45) is 5.73 Å². The lowest BCUT2D eigenvalue weighted by atomic mass is 10.2. The smallest absolute Gasteiger partial charge is 0.0560 e. The molecule has 0 spiro atoms. The first kappa shape index (κ1) is 10.8. The van der Waals surface area contributed by atoms with Crippen LogP contribution in [0.15, 0.2) is 18.3 Å². The molecule has 0 aromatic carbocycles. The summed E-state index contributed by atoms with van der Waals surface area (Å²) >= 11 is 2.03. The Bertz CT molecular complexity index is 323. The van der Waals surface area contributed by atoms with Crippen molar-refractivity contribution < 1.29 is 0 Å². The summed E-state index contributed by atoms with van der Waals surface area (Å²) in [4.78, 5) is 6.56. The van der Waals surface area contributed by atoms with Gasteiger partial charge in [0.2, 0.25) is 0 Å². The van der Waals surface area contributed by atoms with E-state index < -0.39 is 0 Å². The van der Waals surface area contributed by atoms with Crippen LogP contribution in [0.5, 0.6) is 0 Å². The molecule has 1 fully saturated rings. The molecule has 0 bridgehead atoms. The normalized spacial score (nSPS) is 20.5. The van der Waals surface area contributed by atoms with Crippen LogP contribution in [0.25, 0.3) is 0 Å². The highest BCUT2D eigenvalue weighted by Crippen LogP contribution is 2.25. The van der Waals surface area contributed by atoms with Crippen LogP contribution in [0.4, 0.5) is 5.69 Å². The first-order valence-corrected chi connectivity index (χ1v) is 6.42. The molecule has 1 saturated heterocycles. The zero-order valence-electron chi connectivity index (χ0n) is 9.02. The Balaban J connectivity index is 2.13. The average molecular weight is 223 g/mol. The van der Waals surface area contributed by atoms with E-state index in [0.717, 1.165) is 5.69 Å². The number of thioether (sulfide) groups is 1. The Labute approximate surface area is 95.1 Å². The van der Waals surface area contributed by atoms with Gasteiger partial charge in [0.05, 0.1) is 5.69 Å². The van der Waals surface area contributed by atoms with Crippen molar-refractivity contribution in [1.29, 1.82) is 0 Å². The minimum atomic E-state index is 0.515. The molecule has 0 aliphatic carbocycles. The highest BCUT2D eigenvalue weighted by molar-refractivity contribution is 7.99. The van der Waals surface area contributed by atoms with Crippen LogP contribution in [0.1, 0.15) is 12.1 Å². The monoisotopic (exact) mass is 223 g/mol. The SMILES string of the molecule is CN(c1ccnc(CN)c1)C1CCSC1. The molecule has 15 heavy (non-hydrogen) atoms. The number of nitrogens with zero attached hydrogens (tertiary/aromatic N) is 2. The van der Waals surface area contributed by atoms with Gasteiger partial charge in [0.15, 0.2) is 0 Å². The van der Waals surface area contributed by atoms with Crippen LogP contribution in [0, 0.1) is 0 Å². The molecule has 82 valence electrons. The maximum absolute atomic E-state index is 5.59. The van der Waals surface area contributed by atoms with E-state index in [1.807, 2.05) is 18.0 Å². The van der Waals surface area contributed by atoms with E-state index in [9.17, 15) is 0 Å². The number of hydrogen-bond donors (Lipinski definition) is 1. The highest BCUT2D eigenvalue weighted by atomic mass is 32.2. The maximum Gasteiger partial charge on any atom is 0.0560 e. The quantitative estimate of drug-likeness (QED) is 0.843. The second-order valence-electron chi connectivity index (χ2n) is 3.84. The fraction of sp³-hybridized carbons (Fsp3) is 0.545. The second kappa shape index (κ2) is 4.86.